The van der Waals surface area contributed by atoms with Crippen LogP contribution >= 0.6 is 0 Å². The van der Waals surface area contributed by atoms with Crippen LogP contribution in [0.25, 0.3) is 11.1 Å². The van der Waals surface area contributed by atoms with Gasteiger partial charge in [-0.1, -0.05) is 38.1 Å². The normalized spacial score (nSPS) is 17.0. The van der Waals surface area contributed by atoms with E-state index in [9.17, 15) is 18.7 Å². The Hall–Kier alpha value is -2.42. The van der Waals surface area contributed by atoms with Gasteiger partial charge in [-0.05, 0) is 86.1 Å². The molecular formula is C25H34N2O5S. The molecule has 1 aliphatic heterocycles. The third kappa shape index (κ3) is 6.56. The summed E-state index contributed by atoms with van der Waals surface area (Å²) >= 11 is -2.46. The van der Waals surface area contributed by atoms with Crippen LogP contribution in [0.4, 0.5) is 5.69 Å². The molecule has 0 aromatic heterocycles. The zero-order chi connectivity index (χ0) is 24.0. The van der Waals surface area contributed by atoms with Gasteiger partial charge in [-0.3, -0.25) is 8.86 Å². The van der Waals surface area contributed by atoms with Crippen molar-refractivity contribution in [3.05, 3.63) is 48.5 Å². The maximum Gasteiger partial charge on any atom is 0.327 e. The summed E-state index contributed by atoms with van der Waals surface area (Å²) in [7, 11) is 1.61. The number of rotatable bonds is 10. The second-order valence-corrected chi connectivity index (χ2v) is 9.83. The van der Waals surface area contributed by atoms with Crippen molar-refractivity contribution in [1.29, 1.82) is 0 Å². The molecule has 1 aliphatic rings. The van der Waals surface area contributed by atoms with Crippen LogP contribution in [-0.2, 0) is 16.1 Å². The second kappa shape index (κ2) is 11.6. The fourth-order valence-electron chi connectivity index (χ4n) is 4.36. The van der Waals surface area contributed by atoms with Gasteiger partial charge in [0.1, 0.15) is 11.8 Å². The van der Waals surface area contributed by atoms with Crippen LogP contribution in [0.1, 0.15) is 33.1 Å². The van der Waals surface area contributed by atoms with Crippen LogP contribution in [0.5, 0.6) is 5.75 Å². The van der Waals surface area contributed by atoms with Crippen molar-refractivity contribution in [2.45, 2.75) is 39.2 Å². The highest BCUT2D eigenvalue weighted by Crippen LogP contribution is 2.31. The Kier molecular flexibility index (Phi) is 8.88. The fraction of sp³-hybridized carbons (Fsp3) is 0.480. The smallest absolute Gasteiger partial charge is 0.327 e. The molecule has 2 N–H and O–H groups in total. The average molecular weight is 475 g/mol. The van der Waals surface area contributed by atoms with E-state index in [1.54, 1.807) is 19.2 Å². The molecule has 1 fully saturated rings. The lowest BCUT2D eigenvalue weighted by Gasteiger charge is -2.38. The van der Waals surface area contributed by atoms with E-state index < -0.39 is 23.3 Å². The lowest BCUT2D eigenvalue weighted by Crippen LogP contribution is -2.50. The summed E-state index contributed by atoms with van der Waals surface area (Å²) in [5, 5.41) is 10.0. The molecular weight excluding hydrogens is 440 g/mol. The summed E-state index contributed by atoms with van der Waals surface area (Å²) in [6, 6.07) is 13.6. The number of ether oxygens (including phenoxy) is 1. The van der Waals surface area contributed by atoms with Crippen molar-refractivity contribution >= 4 is 22.9 Å². The van der Waals surface area contributed by atoms with Gasteiger partial charge >= 0.3 is 5.97 Å². The van der Waals surface area contributed by atoms with Crippen molar-refractivity contribution in [3.8, 4) is 16.9 Å². The van der Waals surface area contributed by atoms with Gasteiger partial charge < -0.3 is 14.7 Å². The minimum Gasteiger partial charge on any atom is -0.497 e. The summed E-state index contributed by atoms with van der Waals surface area (Å²) in [5.41, 5.74) is 2.32. The number of aliphatic carboxylic acids is 1. The maximum absolute atomic E-state index is 12.3. The molecule has 2 unspecified atom stereocenters. The molecule has 2 aromatic carbocycles. The van der Waals surface area contributed by atoms with Crippen LogP contribution in [0, 0.1) is 11.8 Å². The minimum absolute atomic E-state index is 0.199. The van der Waals surface area contributed by atoms with Crippen molar-refractivity contribution in [3.63, 3.8) is 0 Å². The average Bonchev–Trinajstić information content (AvgIpc) is 2.81. The zero-order valence-electron chi connectivity index (χ0n) is 19.5. The standard InChI is InChI=1S/C25H34N2O5S/c1-18(2)12-15-26-16-13-21(14-17-26)24(25(28)29)27(33(30)31)22-8-4-19(5-9-22)20-6-10-23(32-3)11-7-20/h4-11,18,21,24H,12-17H2,1-3H3,(H,28,29)(H,30,31). The molecule has 7 nitrogen and oxygen atoms in total. The summed E-state index contributed by atoms with van der Waals surface area (Å²) < 4.78 is 28.7. The van der Waals surface area contributed by atoms with Gasteiger partial charge in [0.2, 0.25) is 0 Å². The number of anilines is 1. The lowest BCUT2D eigenvalue weighted by molar-refractivity contribution is -0.140. The molecule has 180 valence electrons. The predicted octanol–water partition coefficient (Wildman–Crippen LogP) is 4.52. The number of methoxy groups -OCH3 is 1. The van der Waals surface area contributed by atoms with E-state index in [2.05, 4.69) is 18.7 Å². The number of carboxylic acids is 1. The van der Waals surface area contributed by atoms with Gasteiger partial charge in [0, 0.05) is 0 Å². The van der Waals surface area contributed by atoms with E-state index in [1.165, 1.54) is 0 Å². The largest absolute Gasteiger partial charge is 0.497 e. The third-order valence-electron chi connectivity index (χ3n) is 6.32. The van der Waals surface area contributed by atoms with Crippen molar-refractivity contribution in [2.24, 2.45) is 11.8 Å². The van der Waals surface area contributed by atoms with Gasteiger partial charge in [-0.2, -0.15) is 0 Å². The Morgan fingerprint density at radius 3 is 2.09 bits per heavy atom. The number of likely N-dealkylation sites (tertiary alicyclic amines) is 1. The molecule has 0 bridgehead atoms. The van der Waals surface area contributed by atoms with Gasteiger partial charge in [0.25, 0.3) is 11.3 Å². The quantitative estimate of drug-likeness (QED) is 0.492. The van der Waals surface area contributed by atoms with Crippen LogP contribution in [-0.4, -0.2) is 57.5 Å². The molecule has 0 aliphatic carbocycles. The number of carboxylic acid groups (broad SMARTS) is 1. The molecule has 0 amide bonds. The zero-order valence-corrected chi connectivity index (χ0v) is 20.3. The topological polar surface area (TPSA) is 90.3 Å². The number of hydrogen-bond acceptors (Lipinski definition) is 4. The Labute approximate surface area is 198 Å². The summed E-state index contributed by atoms with van der Waals surface area (Å²) in [6.07, 6.45) is 2.49. The van der Waals surface area contributed by atoms with E-state index in [-0.39, 0.29) is 5.92 Å². The Bertz CT molecular complexity index is 925. The summed E-state index contributed by atoms with van der Waals surface area (Å²) in [6.45, 7) is 7.01. The van der Waals surface area contributed by atoms with Gasteiger partial charge in [-0.25, -0.2) is 9.00 Å². The van der Waals surface area contributed by atoms with Crippen LogP contribution in [0.2, 0.25) is 0 Å². The Morgan fingerprint density at radius 1 is 1.09 bits per heavy atom. The third-order valence-corrected chi connectivity index (χ3v) is 7.09. The molecule has 2 aromatic rings. The van der Waals surface area contributed by atoms with Gasteiger partial charge in [-0.15, -0.1) is 0 Å². The number of piperidine rings is 1. The monoisotopic (exact) mass is 474 g/mol. The molecule has 1 heterocycles. The fourth-order valence-corrected chi connectivity index (χ4v) is 5.12. The molecule has 8 heteroatoms. The first-order chi connectivity index (χ1) is 15.8. The van der Waals surface area contributed by atoms with Crippen LogP contribution in [0.3, 0.4) is 0 Å². The van der Waals surface area contributed by atoms with E-state index in [1.807, 2.05) is 36.4 Å². The second-order valence-electron chi connectivity index (χ2n) is 8.98. The van der Waals surface area contributed by atoms with Crippen molar-refractivity contribution in [2.75, 3.05) is 31.0 Å². The summed E-state index contributed by atoms with van der Waals surface area (Å²) in [5.74, 6) is 0.117. The highest BCUT2D eigenvalue weighted by Gasteiger charge is 2.38. The Balaban J connectivity index is 1.76. The number of nitrogens with zero attached hydrogens (tertiary/aromatic N) is 2. The highest BCUT2D eigenvalue weighted by atomic mass is 32.2. The van der Waals surface area contributed by atoms with Gasteiger partial charge in [0.15, 0.2) is 0 Å². The molecule has 3 rings (SSSR count). The van der Waals surface area contributed by atoms with Crippen molar-refractivity contribution in [1.82, 2.24) is 4.90 Å². The number of carbonyl (C=O) groups is 1. The minimum atomic E-state index is -2.46. The van der Waals surface area contributed by atoms with E-state index in [0.717, 1.165) is 47.2 Å². The lowest BCUT2D eigenvalue weighted by atomic mass is 9.88. The SMILES string of the molecule is COc1ccc(-c2ccc(N(C(C(=O)O)C3CCN(CCC(C)C)CC3)S(=O)O)cc2)cc1. The van der Waals surface area contributed by atoms with Gasteiger partial charge in [0.05, 0.1) is 12.8 Å². The van der Waals surface area contributed by atoms with E-state index in [0.29, 0.717) is 24.4 Å². The Morgan fingerprint density at radius 2 is 1.64 bits per heavy atom. The number of hydrogen-bond donors (Lipinski definition) is 2. The molecule has 0 saturated carbocycles. The predicted molar refractivity (Wildman–Crippen MR) is 132 cm³/mol. The van der Waals surface area contributed by atoms with Crippen LogP contribution < -0.4 is 9.04 Å². The first-order valence-electron chi connectivity index (χ1n) is 11.4. The molecule has 0 radical (unpaired) electrons. The maximum atomic E-state index is 12.3. The molecule has 1 saturated heterocycles. The summed E-state index contributed by atoms with van der Waals surface area (Å²) in [4.78, 5) is 14.6. The van der Waals surface area contributed by atoms with Crippen LogP contribution in [0.15, 0.2) is 48.5 Å². The first kappa shape index (κ1) is 25.2. The first-order valence-corrected chi connectivity index (χ1v) is 12.5. The highest BCUT2D eigenvalue weighted by molar-refractivity contribution is 7.80. The molecule has 33 heavy (non-hydrogen) atoms. The van der Waals surface area contributed by atoms with E-state index in [4.69, 9.17) is 4.74 Å². The van der Waals surface area contributed by atoms with E-state index >= 15 is 0 Å². The molecule has 0 spiro atoms. The molecule has 2 atom stereocenters. The number of benzene rings is 2. The van der Waals surface area contributed by atoms with Crippen molar-refractivity contribution < 1.29 is 23.4 Å².